The molecule has 0 radical (unpaired) electrons. The van der Waals surface area contributed by atoms with Crippen LogP contribution in [-0.4, -0.2) is 29.4 Å². The monoisotopic (exact) mass is 341 g/mol. The number of anilines is 1. The summed E-state index contributed by atoms with van der Waals surface area (Å²) in [5.41, 5.74) is 1.28. The van der Waals surface area contributed by atoms with Gasteiger partial charge >= 0.3 is 6.03 Å². The Morgan fingerprint density at radius 1 is 1.23 bits per heavy atom. The highest BCUT2D eigenvalue weighted by molar-refractivity contribution is 7.90. The van der Waals surface area contributed by atoms with E-state index in [0.717, 1.165) is 0 Å². The van der Waals surface area contributed by atoms with Crippen molar-refractivity contribution in [2.75, 3.05) is 5.32 Å². The first-order valence-corrected chi connectivity index (χ1v) is 7.90. The van der Waals surface area contributed by atoms with E-state index in [1.54, 1.807) is 19.9 Å². The molecule has 2 aromatic rings. The molecule has 116 valence electrons. The molecule has 0 aromatic carbocycles. The molecule has 2 N–H and O–H groups in total. The molecule has 22 heavy (non-hydrogen) atoms. The Balaban J connectivity index is 2.16. The van der Waals surface area contributed by atoms with E-state index >= 15 is 0 Å². The standard InChI is InChI=1S/C12H12ClN5O3S/c1-7-6-8(2)16-11(15-7)17-12(19)18-22(20,21)9-4-3-5-14-10(9)13/h3-6H,1-2H3,(H2,15,16,17,18,19). The van der Waals surface area contributed by atoms with Crippen LogP contribution >= 0.6 is 11.6 Å². The van der Waals surface area contributed by atoms with Crippen LogP contribution in [0.4, 0.5) is 10.7 Å². The molecule has 0 bridgehead atoms. The molecule has 0 saturated carbocycles. The lowest BCUT2D eigenvalue weighted by Gasteiger charge is -2.09. The molecular weight excluding hydrogens is 330 g/mol. The van der Waals surface area contributed by atoms with E-state index in [2.05, 4.69) is 20.3 Å². The topological polar surface area (TPSA) is 114 Å². The molecule has 0 aliphatic rings. The number of hydrogen-bond donors (Lipinski definition) is 2. The Bertz CT molecular complexity index is 805. The van der Waals surface area contributed by atoms with E-state index in [1.165, 1.54) is 18.3 Å². The zero-order valence-corrected chi connectivity index (χ0v) is 13.2. The molecule has 0 aliphatic heterocycles. The molecule has 0 saturated heterocycles. The Hall–Kier alpha value is -2.26. The molecule has 2 amide bonds. The van der Waals surface area contributed by atoms with E-state index in [9.17, 15) is 13.2 Å². The third-order valence-electron chi connectivity index (χ3n) is 2.45. The van der Waals surface area contributed by atoms with Gasteiger partial charge in [0.1, 0.15) is 10.0 Å². The number of hydrogen-bond acceptors (Lipinski definition) is 6. The fraction of sp³-hybridized carbons (Fsp3) is 0.167. The molecule has 8 nitrogen and oxygen atoms in total. The van der Waals surface area contributed by atoms with E-state index in [-0.39, 0.29) is 16.0 Å². The van der Waals surface area contributed by atoms with Crippen LogP contribution in [-0.2, 0) is 10.0 Å². The average Bonchev–Trinajstić information content (AvgIpc) is 2.36. The average molecular weight is 342 g/mol. The van der Waals surface area contributed by atoms with Crippen LogP contribution in [0.3, 0.4) is 0 Å². The Labute approximate surface area is 132 Å². The van der Waals surface area contributed by atoms with E-state index < -0.39 is 16.1 Å². The number of carbonyl (C=O) groups is 1. The van der Waals surface area contributed by atoms with E-state index in [4.69, 9.17) is 11.6 Å². The largest absolute Gasteiger partial charge is 0.335 e. The van der Waals surface area contributed by atoms with Gasteiger partial charge in [-0.05, 0) is 32.0 Å². The zero-order chi connectivity index (χ0) is 16.3. The minimum Gasteiger partial charge on any atom is -0.275 e. The second-order valence-electron chi connectivity index (χ2n) is 4.33. The fourth-order valence-corrected chi connectivity index (χ4v) is 3.02. The first kappa shape index (κ1) is 16.1. The van der Waals surface area contributed by atoms with Gasteiger partial charge in [-0.15, -0.1) is 0 Å². The maximum atomic E-state index is 12.1. The molecule has 10 heteroatoms. The zero-order valence-electron chi connectivity index (χ0n) is 11.7. The number of amides is 2. The van der Waals surface area contributed by atoms with Gasteiger partial charge in [-0.1, -0.05) is 11.6 Å². The number of nitrogens with one attached hydrogen (secondary N) is 2. The van der Waals surface area contributed by atoms with Crippen molar-refractivity contribution in [2.45, 2.75) is 18.7 Å². The number of carbonyl (C=O) groups excluding carboxylic acids is 1. The Kier molecular flexibility index (Phi) is 4.57. The molecular formula is C12H12ClN5O3S. The Morgan fingerprint density at radius 2 is 1.86 bits per heavy atom. The number of halogens is 1. The van der Waals surface area contributed by atoms with E-state index in [1.807, 2.05) is 4.72 Å². The summed E-state index contributed by atoms with van der Waals surface area (Å²) in [5, 5.41) is 2.02. The molecule has 2 rings (SSSR count). The highest BCUT2D eigenvalue weighted by Crippen LogP contribution is 2.17. The van der Waals surface area contributed by atoms with Gasteiger partial charge in [0.15, 0.2) is 0 Å². The van der Waals surface area contributed by atoms with Crippen molar-refractivity contribution < 1.29 is 13.2 Å². The van der Waals surface area contributed by atoms with Gasteiger partial charge < -0.3 is 0 Å². The summed E-state index contributed by atoms with van der Waals surface area (Å²) in [6.45, 7) is 3.45. The number of rotatable bonds is 3. The summed E-state index contributed by atoms with van der Waals surface area (Å²) in [6, 6.07) is 3.35. The molecule has 0 unspecified atom stereocenters. The third-order valence-corrected chi connectivity index (χ3v) is 4.22. The SMILES string of the molecule is Cc1cc(C)nc(NC(=O)NS(=O)(=O)c2cccnc2Cl)n1. The van der Waals surface area contributed by atoms with Crippen molar-refractivity contribution in [3.8, 4) is 0 Å². The van der Waals surface area contributed by atoms with E-state index in [0.29, 0.717) is 11.4 Å². The predicted molar refractivity (Wildman–Crippen MR) is 80.1 cm³/mol. The summed E-state index contributed by atoms with van der Waals surface area (Å²) >= 11 is 5.71. The number of aromatic nitrogens is 3. The number of pyridine rings is 1. The predicted octanol–water partition coefficient (Wildman–Crippen LogP) is 1.65. The van der Waals surface area contributed by atoms with Crippen LogP contribution in [0, 0.1) is 13.8 Å². The van der Waals surface area contributed by atoms with Crippen LogP contribution in [0.25, 0.3) is 0 Å². The first-order chi connectivity index (χ1) is 10.3. The summed E-state index contributed by atoms with van der Waals surface area (Å²) in [4.78, 5) is 23.1. The van der Waals surface area contributed by atoms with Gasteiger partial charge in [-0.3, -0.25) is 5.32 Å². The summed E-state index contributed by atoms with van der Waals surface area (Å²) in [7, 11) is -4.14. The number of sulfonamides is 1. The van der Waals surface area contributed by atoms with Crippen molar-refractivity contribution in [3.05, 3.63) is 40.9 Å². The van der Waals surface area contributed by atoms with Crippen LogP contribution in [0.2, 0.25) is 5.15 Å². The molecule has 0 fully saturated rings. The minimum atomic E-state index is -4.14. The van der Waals surface area contributed by atoms with Crippen LogP contribution in [0.15, 0.2) is 29.3 Å². The van der Waals surface area contributed by atoms with Gasteiger partial charge in [0, 0.05) is 17.6 Å². The smallest absolute Gasteiger partial charge is 0.275 e. The van der Waals surface area contributed by atoms with Crippen molar-refractivity contribution in [1.29, 1.82) is 0 Å². The maximum absolute atomic E-state index is 12.1. The van der Waals surface area contributed by atoms with Gasteiger partial charge in [-0.2, -0.15) is 0 Å². The summed E-state index contributed by atoms with van der Waals surface area (Å²) in [6.07, 6.45) is 1.34. The van der Waals surface area contributed by atoms with Crippen LogP contribution in [0.5, 0.6) is 0 Å². The fourth-order valence-electron chi connectivity index (χ4n) is 1.66. The van der Waals surface area contributed by atoms with Crippen molar-refractivity contribution in [3.63, 3.8) is 0 Å². The van der Waals surface area contributed by atoms with Gasteiger partial charge in [0.25, 0.3) is 10.0 Å². The van der Waals surface area contributed by atoms with Crippen molar-refractivity contribution in [1.82, 2.24) is 19.7 Å². The molecule has 0 spiro atoms. The van der Waals surface area contributed by atoms with Crippen molar-refractivity contribution >= 4 is 33.6 Å². The number of aryl methyl sites for hydroxylation is 2. The molecule has 0 atom stereocenters. The lowest BCUT2D eigenvalue weighted by molar-refractivity contribution is 0.256. The molecule has 2 heterocycles. The number of urea groups is 1. The molecule has 0 aliphatic carbocycles. The lowest BCUT2D eigenvalue weighted by Crippen LogP contribution is -2.35. The second kappa shape index (κ2) is 6.24. The normalized spacial score (nSPS) is 11.0. The second-order valence-corrected chi connectivity index (χ2v) is 6.34. The van der Waals surface area contributed by atoms with Gasteiger partial charge in [0.2, 0.25) is 5.95 Å². The molecule has 2 aromatic heterocycles. The highest BCUT2D eigenvalue weighted by Gasteiger charge is 2.21. The van der Waals surface area contributed by atoms with Crippen LogP contribution < -0.4 is 10.0 Å². The lowest BCUT2D eigenvalue weighted by atomic mass is 10.4. The summed E-state index contributed by atoms with van der Waals surface area (Å²) in [5.74, 6) is 0.00230. The third kappa shape index (κ3) is 3.89. The van der Waals surface area contributed by atoms with Gasteiger partial charge in [0.05, 0.1) is 0 Å². The maximum Gasteiger partial charge on any atom is 0.335 e. The minimum absolute atomic E-state index is 0.00230. The summed E-state index contributed by atoms with van der Waals surface area (Å²) < 4.78 is 25.9. The quantitative estimate of drug-likeness (QED) is 0.820. The van der Waals surface area contributed by atoms with Gasteiger partial charge in [-0.25, -0.2) is 32.9 Å². The first-order valence-electron chi connectivity index (χ1n) is 6.04. The van der Waals surface area contributed by atoms with Crippen LogP contribution in [0.1, 0.15) is 11.4 Å². The Morgan fingerprint density at radius 3 is 2.45 bits per heavy atom. The number of nitrogens with zero attached hydrogens (tertiary/aromatic N) is 3. The highest BCUT2D eigenvalue weighted by atomic mass is 35.5. The van der Waals surface area contributed by atoms with Crippen molar-refractivity contribution in [2.24, 2.45) is 0 Å².